The number of aromatic nitrogens is 3. The molecule has 1 amide bonds. The third-order valence-electron chi connectivity index (χ3n) is 2.61. The predicted molar refractivity (Wildman–Crippen MR) is 74.7 cm³/mol. The lowest BCUT2D eigenvalue weighted by molar-refractivity contribution is -0.114. The van der Waals surface area contributed by atoms with Crippen LogP contribution in [0.2, 0.25) is 0 Å². The molecule has 1 aromatic heterocycles. The van der Waals surface area contributed by atoms with Crippen LogP contribution in [0, 0.1) is 0 Å². The summed E-state index contributed by atoms with van der Waals surface area (Å²) in [7, 11) is 0. The van der Waals surface area contributed by atoms with E-state index in [9.17, 15) is 4.79 Å². The third kappa shape index (κ3) is 3.58. The maximum atomic E-state index is 11.0. The normalized spacial score (nSPS) is 10.2. The first-order valence-electron chi connectivity index (χ1n) is 6.47. The summed E-state index contributed by atoms with van der Waals surface area (Å²) < 4.78 is 0. The number of benzene rings is 1. The molecule has 0 unspecified atom stereocenters. The van der Waals surface area contributed by atoms with Gasteiger partial charge in [0.05, 0.1) is 6.61 Å². The van der Waals surface area contributed by atoms with Crippen molar-refractivity contribution in [3.05, 3.63) is 36.7 Å². The Morgan fingerprint density at radius 3 is 2.75 bits per heavy atom. The second kappa shape index (κ2) is 7.30. The Bertz CT molecular complexity index is 548. The summed E-state index contributed by atoms with van der Waals surface area (Å²) >= 11 is 0. The Balaban J connectivity index is 2.18. The molecule has 0 radical (unpaired) electrons. The van der Waals surface area contributed by atoms with E-state index in [1.54, 1.807) is 0 Å². The van der Waals surface area contributed by atoms with Gasteiger partial charge in [-0.2, -0.15) is 15.0 Å². The van der Waals surface area contributed by atoms with Crippen molar-refractivity contribution < 1.29 is 9.63 Å². The van der Waals surface area contributed by atoms with Gasteiger partial charge in [-0.1, -0.05) is 43.7 Å². The molecule has 0 saturated carbocycles. The molecule has 0 saturated heterocycles. The van der Waals surface area contributed by atoms with Crippen molar-refractivity contribution in [3.8, 4) is 11.4 Å². The Hall–Kier alpha value is -2.34. The average Bonchev–Trinajstić information content (AvgIpc) is 2.53. The Morgan fingerprint density at radius 1 is 1.25 bits per heavy atom. The zero-order valence-electron chi connectivity index (χ0n) is 11.3. The Morgan fingerprint density at radius 2 is 2.05 bits per heavy atom. The number of hydrogen-bond donors (Lipinski definition) is 0. The molecule has 0 atom stereocenters. The minimum absolute atomic E-state index is 0.185. The highest BCUT2D eigenvalue weighted by molar-refractivity contribution is 5.68. The van der Waals surface area contributed by atoms with Crippen molar-refractivity contribution in [2.75, 3.05) is 11.7 Å². The van der Waals surface area contributed by atoms with E-state index in [4.69, 9.17) is 4.84 Å². The minimum Gasteiger partial charge on any atom is -0.276 e. The summed E-state index contributed by atoms with van der Waals surface area (Å²) in [5, 5.41) is 1.03. The van der Waals surface area contributed by atoms with E-state index >= 15 is 0 Å². The largest absolute Gasteiger partial charge is 0.276 e. The van der Waals surface area contributed by atoms with Crippen molar-refractivity contribution in [1.82, 2.24) is 15.0 Å². The molecule has 0 aliphatic rings. The zero-order chi connectivity index (χ0) is 14.2. The molecule has 2 rings (SSSR count). The number of unbranched alkanes of at least 4 members (excludes halogenated alkanes) is 1. The summed E-state index contributed by atoms with van der Waals surface area (Å²) in [5.74, 6) is 0.687. The molecule has 20 heavy (non-hydrogen) atoms. The summed E-state index contributed by atoms with van der Waals surface area (Å²) in [5.41, 5.74) is 0.857. The number of anilines is 1. The van der Waals surface area contributed by atoms with E-state index in [1.807, 2.05) is 37.3 Å². The molecule has 0 aliphatic carbocycles. The molecule has 0 N–H and O–H groups in total. The number of carbonyl (C=O) groups excluding carboxylic acids is 1. The molecule has 6 heteroatoms. The first-order valence-corrected chi connectivity index (χ1v) is 6.47. The van der Waals surface area contributed by atoms with Gasteiger partial charge in [0.15, 0.2) is 5.82 Å². The van der Waals surface area contributed by atoms with Gasteiger partial charge in [-0.25, -0.2) is 4.98 Å². The van der Waals surface area contributed by atoms with Crippen molar-refractivity contribution in [2.45, 2.75) is 19.8 Å². The first kappa shape index (κ1) is 14.1. The highest BCUT2D eigenvalue weighted by Gasteiger charge is 2.11. The number of nitrogens with zero attached hydrogens (tertiary/aromatic N) is 4. The van der Waals surface area contributed by atoms with Crippen LogP contribution < -0.4 is 5.06 Å². The van der Waals surface area contributed by atoms with Gasteiger partial charge in [-0.3, -0.25) is 9.63 Å². The first-order chi connectivity index (χ1) is 9.85. The van der Waals surface area contributed by atoms with Gasteiger partial charge in [0, 0.05) is 5.56 Å². The van der Waals surface area contributed by atoms with Crippen LogP contribution in [0.15, 0.2) is 36.7 Å². The monoisotopic (exact) mass is 272 g/mol. The molecule has 1 aromatic carbocycles. The van der Waals surface area contributed by atoms with Crippen LogP contribution in [0.3, 0.4) is 0 Å². The van der Waals surface area contributed by atoms with Crippen LogP contribution in [-0.2, 0) is 9.63 Å². The van der Waals surface area contributed by atoms with E-state index < -0.39 is 0 Å². The van der Waals surface area contributed by atoms with Crippen molar-refractivity contribution >= 4 is 12.4 Å². The average molecular weight is 272 g/mol. The predicted octanol–water partition coefficient (Wildman–Crippen LogP) is 2.23. The smallest absolute Gasteiger partial charge is 0.260 e. The quantitative estimate of drug-likeness (QED) is 0.439. The lowest BCUT2D eigenvalue weighted by Gasteiger charge is -2.14. The topological polar surface area (TPSA) is 68.2 Å². The molecule has 0 bridgehead atoms. The van der Waals surface area contributed by atoms with Crippen molar-refractivity contribution in [2.24, 2.45) is 0 Å². The number of hydroxylamine groups is 1. The SMILES string of the molecule is CCCCON(C=O)c1ncnc(-c2ccccc2)n1. The maximum absolute atomic E-state index is 11.0. The number of hydrogen-bond acceptors (Lipinski definition) is 5. The summed E-state index contributed by atoms with van der Waals surface area (Å²) in [6, 6.07) is 9.49. The van der Waals surface area contributed by atoms with Crippen LogP contribution in [0.1, 0.15) is 19.8 Å². The van der Waals surface area contributed by atoms with Crippen LogP contribution in [0.5, 0.6) is 0 Å². The molecule has 6 nitrogen and oxygen atoms in total. The fourth-order valence-corrected chi connectivity index (χ4v) is 1.56. The Kier molecular flexibility index (Phi) is 5.14. The van der Waals surface area contributed by atoms with E-state index in [-0.39, 0.29) is 5.95 Å². The molecule has 0 aliphatic heterocycles. The van der Waals surface area contributed by atoms with E-state index in [1.165, 1.54) is 6.33 Å². The molecule has 1 heterocycles. The highest BCUT2D eigenvalue weighted by Crippen LogP contribution is 2.15. The second-order valence-electron chi connectivity index (χ2n) is 4.09. The van der Waals surface area contributed by atoms with E-state index in [0.717, 1.165) is 23.5 Å². The van der Waals surface area contributed by atoms with Gasteiger partial charge in [-0.05, 0) is 6.42 Å². The van der Waals surface area contributed by atoms with Crippen LogP contribution >= 0.6 is 0 Å². The van der Waals surface area contributed by atoms with Gasteiger partial charge in [0.1, 0.15) is 6.33 Å². The summed E-state index contributed by atoms with van der Waals surface area (Å²) in [4.78, 5) is 28.7. The number of carbonyl (C=O) groups is 1. The van der Waals surface area contributed by atoms with E-state index in [2.05, 4.69) is 15.0 Å². The zero-order valence-corrected chi connectivity index (χ0v) is 11.3. The molecular formula is C14H16N4O2. The van der Waals surface area contributed by atoms with Crippen LogP contribution in [0.25, 0.3) is 11.4 Å². The van der Waals surface area contributed by atoms with Gasteiger partial charge in [0.25, 0.3) is 5.95 Å². The number of rotatable bonds is 7. The lowest BCUT2D eigenvalue weighted by atomic mass is 10.2. The Labute approximate surface area is 117 Å². The van der Waals surface area contributed by atoms with Gasteiger partial charge in [-0.15, -0.1) is 0 Å². The van der Waals surface area contributed by atoms with Crippen LogP contribution in [-0.4, -0.2) is 28.0 Å². The highest BCUT2D eigenvalue weighted by atomic mass is 16.7. The fraction of sp³-hybridized carbons (Fsp3) is 0.286. The van der Waals surface area contributed by atoms with Gasteiger partial charge >= 0.3 is 0 Å². The lowest BCUT2D eigenvalue weighted by Crippen LogP contribution is -2.24. The molecule has 104 valence electrons. The summed E-state index contributed by atoms with van der Waals surface area (Å²) in [6.07, 6.45) is 3.77. The van der Waals surface area contributed by atoms with Crippen molar-refractivity contribution in [3.63, 3.8) is 0 Å². The molecule has 0 spiro atoms. The summed E-state index contributed by atoms with van der Waals surface area (Å²) in [6.45, 7) is 2.49. The van der Waals surface area contributed by atoms with Gasteiger partial charge < -0.3 is 0 Å². The second-order valence-corrected chi connectivity index (χ2v) is 4.09. The number of amides is 1. The van der Waals surface area contributed by atoms with Crippen molar-refractivity contribution in [1.29, 1.82) is 0 Å². The fourth-order valence-electron chi connectivity index (χ4n) is 1.56. The maximum Gasteiger partial charge on any atom is 0.260 e. The minimum atomic E-state index is 0.185. The van der Waals surface area contributed by atoms with Crippen LogP contribution in [0.4, 0.5) is 5.95 Å². The third-order valence-corrected chi connectivity index (χ3v) is 2.61. The standard InChI is InChI=1S/C14H16N4O2/c1-2-3-9-20-18(11-19)14-16-10-15-13(17-14)12-7-5-4-6-8-12/h4-8,10-11H,2-3,9H2,1H3. The molecule has 0 fully saturated rings. The van der Waals surface area contributed by atoms with E-state index in [0.29, 0.717) is 18.8 Å². The van der Waals surface area contributed by atoms with Gasteiger partial charge in [0.2, 0.25) is 6.41 Å². The molecule has 2 aromatic rings. The molecular weight excluding hydrogens is 256 g/mol.